The molecule has 0 atom stereocenters. The maximum atomic E-state index is 10.4. The Labute approximate surface area is 79.1 Å². The maximum Gasteiger partial charge on any atom is 0.145 e. The zero-order chi connectivity index (χ0) is 9.68. The highest BCUT2D eigenvalue weighted by Crippen LogP contribution is 2.09. The lowest BCUT2D eigenvalue weighted by atomic mass is 10.1. The minimum atomic E-state index is 0.758. The molecular weight excluding hydrogens is 160 g/mol. The predicted molar refractivity (Wildman–Crippen MR) is 55.5 cm³/mol. The van der Waals surface area contributed by atoms with Gasteiger partial charge < -0.3 is 0 Å². The van der Waals surface area contributed by atoms with Crippen molar-refractivity contribution >= 4 is 12.4 Å². The molecule has 1 heteroatoms. The summed E-state index contributed by atoms with van der Waals surface area (Å²) in [6.07, 6.45) is 3.80. The molecular formula is C12H14O. The van der Waals surface area contributed by atoms with Crippen molar-refractivity contribution in [3.63, 3.8) is 0 Å². The lowest BCUT2D eigenvalue weighted by molar-refractivity contribution is -0.104. The molecule has 0 bridgehead atoms. The van der Waals surface area contributed by atoms with E-state index in [2.05, 4.69) is 19.1 Å². The van der Waals surface area contributed by atoms with E-state index in [1.165, 1.54) is 5.56 Å². The van der Waals surface area contributed by atoms with E-state index in [4.69, 9.17) is 0 Å². The summed E-state index contributed by atoms with van der Waals surface area (Å²) in [7, 11) is 0. The molecule has 1 aromatic rings. The summed E-state index contributed by atoms with van der Waals surface area (Å²) in [5.41, 5.74) is 3.16. The predicted octanol–water partition coefficient (Wildman–Crippen LogP) is 2.85. The zero-order valence-corrected chi connectivity index (χ0v) is 8.08. The molecule has 0 heterocycles. The minimum Gasteiger partial charge on any atom is -0.298 e. The largest absolute Gasteiger partial charge is 0.298 e. The molecule has 13 heavy (non-hydrogen) atoms. The van der Waals surface area contributed by atoms with Crippen molar-refractivity contribution in [3.05, 3.63) is 41.0 Å². The van der Waals surface area contributed by atoms with Crippen LogP contribution in [0.2, 0.25) is 0 Å². The fraction of sp³-hybridized carbons (Fsp3) is 0.250. The number of rotatable bonds is 3. The summed E-state index contributed by atoms with van der Waals surface area (Å²) >= 11 is 0. The van der Waals surface area contributed by atoms with Crippen LogP contribution in [0.5, 0.6) is 0 Å². The van der Waals surface area contributed by atoms with Crippen LogP contribution in [-0.2, 0) is 11.2 Å². The molecule has 0 fully saturated rings. The van der Waals surface area contributed by atoms with Crippen LogP contribution in [0.3, 0.4) is 0 Å². The third-order valence-electron chi connectivity index (χ3n) is 1.94. The molecule has 0 saturated heterocycles. The smallest absolute Gasteiger partial charge is 0.145 e. The number of hydrogen-bond acceptors (Lipinski definition) is 1. The van der Waals surface area contributed by atoms with Crippen LogP contribution in [0.15, 0.2) is 29.8 Å². The fourth-order valence-electron chi connectivity index (χ4n) is 1.20. The van der Waals surface area contributed by atoms with Gasteiger partial charge in [0, 0.05) is 0 Å². The molecule has 1 aromatic carbocycles. The van der Waals surface area contributed by atoms with E-state index in [1.54, 1.807) is 0 Å². The Bertz CT molecular complexity index is 324. The number of hydrogen-bond donors (Lipinski definition) is 0. The average molecular weight is 174 g/mol. The van der Waals surface area contributed by atoms with Gasteiger partial charge in [0.2, 0.25) is 0 Å². The average Bonchev–Trinajstić information content (AvgIpc) is 2.18. The lowest BCUT2D eigenvalue weighted by Crippen LogP contribution is -1.82. The van der Waals surface area contributed by atoms with Crippen LogP contribution < -0.4 is 0 Å². The summed E-state index contributed by atoms with van der Waals surface area (Å²) in [4.78, 5) is 10.4. The fourth-order valence-corrected chi connectivity index (χ4v) is 1.20. The summed E-state index contributed by atoms with van der Waals surface area (Å²) in [6, 6.07) is 8.22. The lowest BCUT2D eigenvalue weighted by Gasteiger charge is -1.98. The van der Waals surface area contributed by atoms with E-state index in [9.17, 15) is 4.79 Å². The highest BCUT2D eigenvalue weighted by atomic mass is 16.1. The molecule has 0 aliphatic rings. The van der Waals surface area contributed by atoms with Crippen LogP contribution >= 0.6 is 0 Å². The van der Waals surface area contributed by atoms with E-state index in [0.29, 0.717) is 0 Å². The quantitative estimate of drug-likeness (QED) is 0.508. The van der Waals surface area contributed by atoms with Gasteiger partial charge >= 0.3 is 0 Å². The van der Waals surface area contributed by atoms with Crippen molar-refractivity contribution in [2.75, 3.05) is 0 Å². The normalized spacial score (nSPS) is 11.4. The Morgan fingerprint density at radius 3 is 2.85 bits per heavy atom. The Hall–Kier alpha value is -1.37. The third kappa shape index (κ3) is 2.86. The Morgan fingerprint density at radius 1 is 1.46 bits per heavy atom. The number of aldehydes is 1. The first-order valence-corrected chi connectivity index (χ1v) is 4.48. The van der Waals surface area contributed by atoms with Gasteiger partial charge in [0.05, 0.1) is 0 Å². The molecule has 0 saturated carbocycles. The first-order chi connectivity index (χ1) is 6.26. The summed E-state index contributed by atoms with van der Waals surface area (Å²) in [5, 5.41) is 0. The van der Waals surface area contributed by atoms with Crippen molar-refractivity contribution in [3.8, 4) is 0 Å². The molecule has 0 unspecified atom stereocenters. The van der Waals surface area contributed by atoms with E-state index in [0.717, 1.165) is 23.8 Å². The highest BCUT2D eigenvalue weighted by molar-refractivity contribution is 5.80. The molecule has 0 radical (unpaired) electrons. The van der Waals surface area contributed by atoms with Crippen LogP contribution in [0.1, 0.15) is 25.0 Å². The molecule has 1 nitrogen and oxygen atoms in total. The van der Waals surface area contributed by atoms with E-state index in [-0.39, 0.29) is 0 Å². The summed E-state index contributed by atoms with van der Waals surface area (Å²) < 4.78 is 0. The monoisotopic (exact) mass is 174 g/mol. The van der Waals surface area contributed by atoms with E-state index in [1.807, 2.05) is 25.1 Å². The van der Waals surface area contributed by atoms with Crippen LogP contribution in [0.4, 0.5) is 0 Å². The topological polar surface area (TPSA) is 17.1 Å². The van der Waals surface area contributed by atoms with Crippen molar-refractivity contribution < 1.29 is 4.79 Å². The first-order valence-electron chi connectivity index (χ1n) is 4.48. The minimum absolute atomic E-state index is 0.758. The molecule has 0 spiro atoms. The zero-order valence-electron chi connectivity index (χ0n) is 8.08. The Kier molecular flexibility index (Phi) is 3.44. The van der Waals surface area contributed by atoms with Gasteiger partial charge in [-0.25, -0.2) is 0 Å². The summed E-state index contributed by atoms with van der Waals surface area (Å²) in [6.45, 7) is 3.93. The first kappa shape index (κ1) is 9.72. The van der Waals surface area contributed by atoms with Gasteiger partial charge in [-0.2, -0.15) is 0 Å². The molecule has 0 N–H and O–H groups in total. The van der Waals surface area contributed by atoms with E-state index >= 15 is 0 Å². The van der Waals surface area contributed by atoms with Gasteiger partial charge in [0.25, 0.3) is 0 Å². The second-order valence-electron chi connectivity index (χ2n) is 3.10. The second-order valence-corrected chi connectivity index (χ2v) is 3.10. The number of aryl methyl sites for hydroxylation is 1. The van der Waals surface area contributed by atoms with Crippen molar-refractivity contribution in [2.24, 2.45) is 0 Å². The van der Waals surface area contributed by atoms with Gasteiger partial charge in [-0.1, -0.05) is 31.2 Å². The molecule has 0 aliphatic heterocycles. The van der Waals surface area contributed by atoms with Crippen molar-refractivity contribution in [1.82, 2.24) is 0 Å². The SMILES string of the molecule is CCc1cccc(/C=C(\C)C=O)c1. The van der Waals surface area contributed by atoms with Crippen molar-refractivity contribution in [2.45, 2.75) is 20.3 Å². The summed E-state index contributed by atoms with van der Waals surface area (Å²) in [5.74, 6) is 0. The number of carbonyl (C=O) groups excluding carboxylic acids is 1. The van der Waals surface area contributed by atoms with Crippen LogP contribution in [0, 0.1) is 0 Å². The van der Waals surface area contributed by atoms with Gasteiger partial charge in [-0.3, -0.25) is 4.79 Å². The van der Waals surface area contributed by atoms with Gasteiger partial charge in [-0.05, 0) is 36.1 Å². The Morgan fingerprint density at radius 2 is 2.23 bits per heavy atom. The maximum absolute atomic E-state index is 10.4. The van der Waals surface area contributed by atoms with Gasteiger partial charge in [-0.15, -0.1) is 0 Å². The highest BCUT2D eigenvalue weighted by Gasteiger charge is 1.91. The second kappa shape index (κ2) is 4.61. The third-order valence-corrected chi connectivity index (χ3v) is 1.94. The number of allylic oxidation sites excluding steroid dienone is 1. The number of carbonyl (C=O) groups is 1. The van der Waals surface area contributed by atoms with Gasteiger partial charge in [0.15, 0.2) is 0 Å². The molecule has 0 aromatic heterocycles. The van der Waals surface area contributed by atoms with Crippen LogP contribution in [0.25, 0.3) is 6.08 Å². The van der Waals surface area contributed by atoms with E-state index < -0.39 is 0 Å². The molecule has 0 aliphatic carbocycles. The Balaban J connectivity index is 2.95. The van der Waals surface area contributed by atoms with Crippen molar-refractivity contribution in [1.29, 1.82) is 0 Å². The molecule has 1 rings (SSSR count). The molecule has 0 amide bonds. The van der Waals surface area contributed by atoms with Crippen LogP contribution in [-0.4, -0.2) is 6.29 Å². The number of benzene rings is 1. The standard InChI is InChI=1S/C12H14O/c1-3-11-5-4-6-12(8-11)7-10(2)9-13/h4-9H,3H2,1-2H3/b10-7+. The molecule has 68 valence electrons. The van der Waals surface area contributed by atoms with Gasteiger partial charge in [0.1, 0.15) is 6.29 Å².